The number of hydrogen-bond donors (Lipinski definition) is 2. The number of halogens is 2. The lowest BCUT2D eigenvalue weighted by Gasteiger charge is -2.14. The van der Waals surface area contributed by atoms with Crippen LogP contribution in [0.1, 0.15) is 36.5 Å². The van der Waals surface area contributed by atoms with Gasteiger partial charge in [-0.1, -0.05) is 19.1 Å². The first-order valence-corrected chi connectivity index (χ1v) is 7.29. The molecule has 1 fully saturated rings. The molecule has 2 rings (SSSR count). The molecule has 1 saturated carbocycles. The van der Waals surface area contributed by atoms with Gasteiger partial charge in [0.05, 0.1) is 0 Å². The number of nitrogens with one attached hydrogen (secondary N) is 1. The molecule has 0 aliphatic heterocycles. The minimum Gasteiger partial charge on any atom is -0.355 e. The highest BCUT2D eigenvalue weighted by molar-refractivity contribution is 5.99. The Bertz CT molecular complexity index is 535. The topological polar surface area (TPSA) is 72.2 Å². The summed E-state index contributed by atoms with van der Waals surface area (Å²) in [6.45, 7) is 2.12. The van der Waals surface area contributed by atoms with Gasteiger partial charge in [-0.2, -0.15) is 0 Å². The molecule has 3 N–H and O–H groups in total. The van der Waals surface area contributed by atoms with Crippen molar-refractivity contribution >= 4 is 24.1 Å². The first kappa shape index (κ1) is 18.6. The van der Waals surface area contributed by atoms with E-state index in [0.29, 0.717) is 18.0 Å². The van der Waals surface area contributed by atoms with Crippen LogP contribution in [0.5, 0.6) is 0 Å². The Morgan fingerprint density at radius 3 is 2.68 bits per heavy atom. The van der Waals surface area contributed by atoms with Crippen LogP contribution in [0.2, 0.25) is 0 Å². The van der Waals surface area contributed by atoms with E-state index in [1.54, 1.807) is 13.0 Å². The summed E-state index contributed by atoms with van der Waals surface area (Å²) in [6.07, 6.45) is 2.35. The van der Waals surface area contributed by atoms with Crippen molar-refractivity contribution in [1.82, 2.24) is 5.32 Å². The van der Waals surface area contributed by atoms with E-state index in [-0.39, 0.29) is 36.6 Å². The second kappa shape index (κ2) is 8.25. The van der Waals surface area contributed by atoms with E-state index in [2.05, 4.69) is 5.32 Å². The number of rotatable bonds is 7. The second-order valence-corrected chi connectivity index (χ2v) is 5.79. The van der Waals surface area contributed by atoms with E-state index in [0.717, 1.165) is 12.8 Å². The minimum absolute atomic E-state index is 0. The summed E-state index contributed by atoms with van der Waals surface area (Å²) >= 11 is 0. The van der Waals surface area contributed by atoms with Gasteiger partial charge in [-0.3, -0.25) is 9.59 Å². The molecule has 4 nitrogen and oxygen atoms in total. The number of Topliss-reactive ketones (excluding diaryl/α,β-unsaturated/α-hetero) is 1. The number of amides is 1. The zero-order chi connectivity index (χ0) is 15.4. The standard InChI is InChI=1S/C16H21FN2O2.ClH/c1-10(16(21)12-3-2-4-13(17)8-12)7-15(20)19-9-14(18)11-5-6-11;/h2-4,8,10-11,14H,5-7,9,18H2,1H3,(H,19,20);1H. The first-order chi connectivity index (χ1) is 9.97. The fourth-order valence-corrected chi connectivity index (χ4v) is 2.29. The SMILES string of the molecule is CC(CC(=O)NCC(N)C1CC1)C(=O)c1cccc(F)c1.Cl. The van der Waals surface area contributed by atoms with Crippen molar-refractivity contribution in [3.63, 3.8) is 0 Å². The minimum atomic E-state index is -0.482. The number of nitrogens with two attached hydrogens (primary N) is 1. The normalized spacial score (nSPS) is 16.3. The van der Waals surface area contributed by atoms with Gasteiger partial charge in [0.2, 0.25) is 5.91 Å². The summed E-state index contributed by atoms with van der Waals surface area (Å²) in [7, 11) is 0. The third-order valence-corrected chi connectivity index (χ3v) is 3.81. The maximum absolute atomic E-state index is 13.1. The smallest absolute Gasteiger partial charge is 0.220 e. The molecule has 0 saturated heterocycles. The molecule has 0 aromatic heterocycles. The Labute approximate surface area is 136 Å². The van der Waals surface area contributed by atoms with Crippen LogP contribution in [0.3, 0.4) is 0 Å². The lowest BCUT2D eigenvalue weighted by molar-refractivity contribution is -0.121. The van der Waals surface area contributed by atoms with E-state index in [4.69, 9.17) is 5.73 Å². The third kappa shape index (κ3) is 5.39. The Hall–Kier alpha value is -1.46. The highest BCUT2D eigenvalue weighted by Gasteiger charge is 2.28. The molecule has 1 aromatic rings. The molecule has 0 heterocycles. The lowest BCUT2D eigenvalue weighted by atomic mass is 9.96. The van der Waals surface area contributed by atoms with Crippen molar-refractivity contribution in [2.24, 2.45) is 17.6 Å². The maximum atomic E-state index is 13.1. The summed E-state index contributed by atoms with van der Waals surface area (Å²) in [4.78, 5) is 23.9. The highest BCUT2D eigenvalue weighted by Crippen LogP contribution is 2.31. The second-order valence-electron chi connectivity index (χ2n) is 5.79. The molecule has 2 unspecified atom stereocenters. The lowest BCUT2D eigenvalue weighted by Crippen LogP contribution is -2.39. The van der Waals surface area contributed by atoms with E-state index in [1.165, 1.54) is 18.2 Å². The van der Waals surface area contributed by atoms with Crippen LogP contribution < -0.4 is 11.1 Å². The molecule has 1 aliphatic rings. The predicted molar refractivity (Wildman–Crippen MR) is 85.5 cm³/mol. The van der Waals surface area contributed by atoms with Gasteiger partial charge in [-0.25, -0.2) is 4.39 Å². The molecule has 22 heavy (non-hydrogen) atoms. The van der Waals surface area contributed by atoms with Crippen molar-refractivity contribution < 1.29 is 14.0 Å². The van der Waals surface area contributed by atoms with Gasteiger partial charge in [0.25, 0.3) is 0 Å². The van der Waals surface area contributed by atoms with Gasteiger partial charge >= 0.3 is 0 Å². The maximum Gasteiger partial charge on any atom is 0.220 e. The van der Waals surface area contributed by atoms with Crippen LogP contribution >= 0.6 is 12.4 Å². The van der Waals surface area contributed by atoms with Gasteiger partial charge in [0.15, 0.2) is 5.78 Å². The van der Waals surface area contributed by atoms with E-state index < -0.39 is 11.7 Å². The van der Waals surface area contributed by atoms with Gasteiger partial charge < -0.3 is 11.1 Å². The number of ketones is 1. The summed E-state index contributed by atoms with van der Waals surface area (Å²) in [6, 6.07) is 5.53. The molecule has 1 amide bonds. The average molecular weight is 329 g/mol. The van der Waals surface area contributed by atoms with Crippen LogP contribution in [0, 0.1) is 17.7 Å². The van der Waals surface area contributed by atoms with Crippen molar-refractivity contribution in [1.29, 1.82) is 0 Å². The largest absolute Gasteiger partial charge is 0.355 e. The number of carbonyl (C=O) groups is 2. The average Bonchev–Trinajstić information content (AvgIpc) is 3.28. The molecular formula is C16H22ClFN2O2. The van der Waals surface area contributed by atoms with Gasteiger partial charge in [0.1, 0.15) is 5.82 Å². The Morgan fingerprint density at radius 1 is 1.41 bits per heavy atom. The summed E-state index contributed by atoms with van der Waals surface area (Å²) in [5.41, 5.74) is 6.20. The Kier molecular flexibility index (Phi) is 6.97. The predicted octanol–water partition coefficient (Wildman–Crippen LogP) is 2.31. The molecule has 1 aliphatic carbocycles. The summed E-state index contributed by atoms with van der Waals surface area (Å²) in [5, 5.41) is 2.76. The van der Waals surface area contributed by atoms with Crippen LogP contribution in [-0.2, 0) is 4.79 Å². The Morgan fingerprint density at radius 2 is 2.09 bits per heavy atom. The van der Waals surface area contributed by atoms with Crippen molar-refractivity contribution in [2.75, 3.05) is 6.54 Å². The molecule has 2 atom stereocenters. The monoisotopic (exact) mass is 328 g/mol. The molecule has 1 aromatic carbocycles. The van der Waals surface area contributed by atoms with Crippen molar-refractivity contribution in [2.45, 2.75) is 32.2 Å². The van der Waals surface area contributed by atoms with Gasteiger partial charge in [0, 0.05) is 30.5 Å². The molecule has 0 spiro atoms. The van der Waals surface area contributed by atoms with Gasteiger partial charge in [-0.05, 0) is 30.9 Å². The fourth-order valence-electron chi connectivity index (χ4n) is 2.29. The molecule has 6 heteroatoms. The number of hydrogen-bond acceptors (Lipinski definition) is 3. The molecular weight excluding hydrogens is 307 g/mol. The van der Waals surface area contributed by atoms with E-state index in [9.17, 15) is 14.0 Å². The quantitative estimate of drug-likeness (QED) is 0.754. The van der Waals surface area contributed by atoms with Crippen molar-refractivity contribution in [3.8, 4) is 0 Å². The molecule has 0 bridgehead atoms. The van der Waals surface area contributed by atoms with E-state index in [1.807, 2.05) is 0 Å². The Balaban J connectivity index is 0.00000242. The van der Waals surface area contributed by atoms with Crippen LogP contribution in [0.4, 0.5) is 4.39 Å². The summed E-state index contributed by atoms with van der Waals surface area (Å²) in [5.74, 6) is -0.826. The zero-order valence-corrected chi connectivity index (χ0v) is 13.4. The number of benzene rings is 1. The highest BCUT2D eigenvalue weighted by atomic mass is 35.5. The van der Waals surface area contributed by atoms with Crippen LogP contribution in [0.25, 0.3) is 0 Å². The first-order valence-electron chi connectivity index (χ1n) is 7.29. The third-order valence-electron chi connectivity index (χ3n) is 3.81. The van der Waals surface area contributed by atoms with E-state index >= 15 is 0 Å². The summed E-state index contributed by atoms with van der Waals surface area (Å²) < 4.78 is 13.1. The van der Waals surface area contributed by atoms with Crippen molar-refractivity contribution in [3.05, 3.63) is 35.6 Å². The van der Waals surface area contributed by atoms with Gasteiger partial charge in [-0.15, -0.1) is 12.4 Å². The molecule has 122 valence electrons. The molecule has 0 radical (unpaired) electrons. The fraction of sp³-hybridized carbons (Fsp3) is 0.500. The van der Waals surface area contributed by atoms with Crippen LogP contribution in [-0.4, -0.2) is 24.3 Å². The zero-order valence-electron chi connectivity index (χ0n) is 12.5. The number of carbonyl (C=O) groups excluding carboxylic acids is 2. The van der Waals surface area contributed by atoms with Crippen LogP contribution in [0.15, 0.2) is 24.3 Å².